The molecular weight excluding hydrogens is 220 g/mol. The average Bonchev–Trinajstić information content (AvgIpc) is 2.50. The first-order chi connectivity index (χ1) is 7.63. The van der Waals surface area contributed by atoms with Crippen molar-refractivity contribution in [3.05, 3.63) is 35.0 Å². The van der Waals surface area contributed by atoms with Crippen LogP contribution in [0.1, 0.15) is 13.3 Å². The highest BCUT2D eigenvalue weighted by Crippen LogP contribution is 2.16. The predicted octanol–water partition coefficient (Wildman–Crippen LogP) is 2.84. The van der Waals surface area contributed by atoms with E-state index >= 15 is 0 Å². The Labute approximate surface area is 104 Å². The van der Waals surface area contributed by atoms with E-state index in [1.54, 1.807) is 0 Å². The van der Waals surface area contributed by atoms with Crippen LogP contribution >= 0.6 is 11.6 Å². The second-order valence-electron chi connectivity index (χ2n) is 4.11. The molecule has 90 valence electrons. The van der Waals surface area contributed by atoms with Crippen molar-refractivity contribution >= 4 is 11.6 Å². The standard InChI is InChI=1S/C13H21ClN2/c1-4-15(2)9-10-16(3)13-8-6-5-7-12(14)11-13/h6-8,11H,4-5,9-10H2,1-3H3. The highest BCUT2D eigenvalue weighted by molar-refractivity contribution is 6.31. The summed E-state index contributed by atoms with van der Waals surface area (Å²) in [5.41, 5.74) is 1.18. The first-order valence-electron chi connectivity index (χ1n) is 5.77. The van der Waals surface area contributed by atoms with Gasteiger partial charge in [0, 0.05) is 30.9 Å². The summed E-state index contributed by atoms with van der Waals surface area (Å²) in [5.74, 6) is 0. The summed E-state index contributed by atoms with van der Waals surface area (Å²) in [6.45, 7) is 5.35. The van der Waals surface area contributed by atoms with Crippen LogP contribution in [0.3, 0.4) is 0 Å². The lowest BCUT2D eigenvalue weighted by atomic mass is 10.3. The number of hydrogen-bond donors (Lipinski definition) is 0. The number of allylic oxidation sites excluding steroid dienone is 5. The molecule has 1 rings (SSSR count). The van der Waals surface area contributed by atoms with E-state index in [4.69, 9.17) is 11.6 Å². The first-order valence-corrected chi connectivity index (χ1v) is 6.15. The summed E-state index contributed by atoms with van der Waals surface area (Å²) in [7, 11) is 4.24. The first kappa shape index (κ1) is 13.3. The van der Waals surface area contributed by atoms with Crippen molar-refractivity contribution in [2.75, 3.05) is 33.7 Å². The van der Waals surface area contributed by atoms with Crippen LogP contribution in [0.5, 0.6) is 0 Å². The molecule has 0 heterocycles. The minimum atomic E-state index is 0.829. The summed E-state index contributed by atoms with van der Waals surface area (Å²) < 4.78 is 0. The monoisotopic (exact) mass is 240 g/mol. The lowest BCUT2D eigenvalue weighted by molar-refractivity contribution is 0.300. The highest BCUT2D eigenvalue weighted by Gasteiger charge is 2.05. The molecule has 0 aliphatic heterocycles. The van der Waals surface area contributed by atoms with E-state index in [9.17, 15) is 0 Å². The van der Waals surface area contributed by atoms with Crippen LogP contribution in [-0.2, 0) is 0 Å². The van der Waals surface area contributed by atoms with Gasteiger partial charge in [0.15, 0.2) is 0 Å². The van der Waals surface area contributed by atoms with E-state index in [-0.39, 0.29) is 0 Å². The Morgan fingerprint density at radius 2 is 2.06 bits per heavy atom. The van der Waals surface area contributed by atoms with E-state index in [2.05, 4.69) is 43.0 Å². The van der Waals surface area contributed by atoms with E-state index < -0.39 is 0 Å². The maximum atomic E-state index is 6.06. The fourth-order valence-electron chi connectivity index (χ4n) is 1.46. The van der Waals surface area contributed by atoms with Crippen molar-refractivity contribution in [2.24, 2.45) is 0 Å². The Hall–Kier alpha value is -0.730. The molecule has 0 saturated carbocycles. The molecule has 0 aromatic heterocycles. The van der Waals surface area contributed by atoms with Gasteiger partial charge in [-0.2, -0.15) is 0 Å². The van der Waals surface area contributed by atoms with Crippen molar-refractivity contribution in [1.82, 2.24) is 9.80 Å². The third-order valence-corrected chi connectivity index (χ3v) is 3.08. The summed E-state index contributed by atoms with van der Waals surface area (Å²) >= 11 is 6.06. The quantitative estimate of drug-likeness (QED) is 0.729. The minimum absolute atomic E-state index is 0.829. The van der Waals surface area contributed by atoms with E-state index in [1.807, 2.05) is 12.2 Å². The second kappa shape index (κ2) is 6.77. The molecule has 0 aromatic rings. The van der Waals surface area contributed by atoms with E-state index in [0.29, 0.717) is 0 Å². The number of rotatable bonds is 5. The SMILES string of the molecule is CCN(C)CCN(C)C1=CC(Cl)=CCC=C1. The van der Waals surface area contributed by atoms with Gasteiger partial charge in [-0.15, -0.1) is 0 Å². The van der Waals surface area contributed by atoms with Crippen LogP contribution in [0.4, 0.5) is 0 Å². The molecule has 0 saturated heterocycles. The largest absolute Gasteiger partial charge is 0.373 e. The molecule has 0 amide bonds. The Morgan fingerprint density at radius 3 is 2.75 bits per heavy atom. The molecule has 0 bridgehead atoms. The van der Waals surface area contributed by atoms with Crippen LogP contribution < -0.4 is 0 Å². The summed E-state index contributed by atoms with van der Waals surface area (Å²) in [6, 6.07) is 0. The fraction of sp³-hybridized carbons (Fsp3) is 0.538. The average molecular weight is 241 g/mol. The van der Waals surface area contributed by atoms with Gasteiger partial charge in [-0.1, -0.05) is 30.7 Å². The minimum Gasteiger partial charge on any atom is -0.373 e. The van der Waals surface area contributed by atoms with Gasteiger partial charge in [0.25, 0.3) is 0 Å². The van der Waals surface area contributed by atoms with Gasteiger partial charge in [0.05, 0.1) is 0 Å². The van der Waals surface area contributed by atoms with Crippen molar-refractivity contribution in [3.63, 3.8) is 0 Å². The van der Waals surface area contributed by atoms with Crippen LogP contribution in [0.2, 0.25) is 0 Å². The van der Waals surface area contributed by atoms with Crippen molar-refractivity contribution in [3.8, 4) is 0 Å². The topological polar surface area (TPSA) is 6.48 Å². The van der Waals surface area contributed by atoms with Gasteiger partial charge in [-0.25, -0.2) is 0 Å². The molecule has 1 aliphatic carbocycles. The zero-order valence-corrected chi connectivity index (χ0v) is 11.2. The lowest BCUT2D eigenvalue weighted by Crippen LogP contribution is -2.29. The summed E-state index contributed by atoms with van der Waals surface area (Å²) in [6.07, 6.45) is 9.24. The van der Waals surface area contributed by atoms with Crippen molar-refractivity contribution in [2.45, 2.75) is 13.3 Å². The molecule has 16 heavy (non-hydrogen) atoms. The smallest absolute Gasteiger partial charge is 0.0389 e. The molecule has 0 radical (unpaired) electrons. The second-order valence-corrected chi connectivity index (χ2v) is 4.55. The number of hydrogen-bond acceptors (Lipinski definition) is 2. The number of nitrogens with zero attached hydrogens (tertiary/aromatic N) is 2. The molecule has 1 aliphatic rings. The number of likely N-dealkylation sites (N-methyl/N-ethyl adjacent to an activating group) is 2. The molecule has 0 atom stereocenters. The third-order valence-electron chi connectivity index (χ3n) is 2.82. The molecular formula is C13H21ClN2. The van der Waals surface area contributed by atoms with Gasteiger partial charge in [-0.05, 0) is 32.2 Å². The van der Waals surface area contributed by atoms with Crippen LogP contribution in [-0.4, -0.2) is 43.5 Å². The summed E-state index contributed by atoms with van der Waals surface area (Å²) in [5, 5.41) is 0.829. The maximum absolute atomic E-state index is 6.06. The fourth-order valence-corrected chi connectivity index (χ4v) is 1.66. The molecule has 2 nitrogen and oxygen atoms in total. The third kappa shape index (κ3) is 4.42. The van der Waals surface area contributed by atoms with Crippen LogP contribution in [0.25, 0.3) is 0 Å². The zero-order valence-electron chi connectivity index (χ0n) is 10.4. The Kier molecular flexibility index (Phi) is 5.64. The predicted molar refractivity (Wildman–Crippen MR) is 71.6 cm³/mol. The molecule has 0 unspecified atom stereocenters. The van der Waals surface area contributed by atoms with E-state index in [0.717, 1.165) is 31.1 Å². The van der Waals surface area contributed by atoms with Crippen LogP contribution in [0.15, 0.2) is 35.0 Å². The molecule has 0 N–H and O–H groups in total. The van der Waals surface area contributed by atoms with E-state index in [1.165, 1.54) is 5.70 Å². The van der Waals surface area contributed by atoms with Gasteiger partial charge < -0.3 is 9.80 Å². The van der Waals surface area contributed by atoms with Gasteiger partial charge in [0.1, 0.15) is 0 Å². The van der Waals surface area contributed by atoms with Crippen molar-refractivity contribution < 1.29 is 0 Å². The molecule has 0 spiro atoms. The normalized spacial score (nSPS) is 15.8. The Morgan fingerprint density at radius 1 is 1.31 bits per heavy atom. The molecule has 0 fully saturated rings. The maximum Gasteiger partial charge on any atom is 0.0389 e. The Bertz CT molecular complexity index is 305. The van der Waals surface area contributed by atoms with Gasteiger partial charge in [0.2, 0.25) is 0 Å². The molecule has 0 aromatic carbocycles. The lowest BCUT2D eigenvalue weighted by Gasteiger charge is -2.23. The van der Waals surface area contributed by atoms with Gasteiger partial charge >= 0.3 is 0 Å². The Balaban J connectivity index is 2.52. The highest BCUT2D eigenvalue weighted by atomic mass is 35.5. The van der Waals surface area contributed by atoms with Crippen LogP contribution in [0, 0.1) is 0 Å². The zero-order chi connectivity index (χ0) is 12.0. The van der Waals surface area contributed by atoms with Gasteiger partial charge in [-0.3, -0.25) is 0 Å². The number of halogens is 1. The molecule has 3 heteroatoms. The van der Waals surface area contributed by atoms with Crippen molar-refractivity contribution in [1.29, 1.82) is 0 Å². The summed E-state index contributed by atoms with van der Waals surface area (Å²) in [4.78, 5) is 4.54.